The topological polar surface area (TPSA) is 75.6 Å². The fourth-order valence-corrected chi connectivity index (χ4v) is 2.00. The van der Waals surface area contributed by atoms with Crippen LogP contribution in [0.5, 0.6) is 5.75 Å². The van der Waals surface area contributed by atoms with E-state index in [1.165, 1.54) is 18.7 Å². The maximum Gasteiger partial charge on any atom is 0.325 e. The number of nitrogens with one attached hydrogen (secondary N) is 1. The van der Waals surface area contributed by atoms with Gasteiger partial charge in [0.05, 0.1) is 12.4 Å². The van der Waals surface area contributed by atoms with E-state index in [1.807, 2.05) is 31.2 Å². The molecule has 0 aliphatic rings. The number of ether oxygens (including phenoxy) is 1. The summed E-state index contributed by atoms with van der Waals surface area (Å²) in [5, 5.41) is 11.1. The zero-order valence-electron chi connectivity index (χ0n) is 10.9. The number of carboxylic acids is 1. The second-order valence-corrected chi connectivity index (χ2v) is 4.87. The highest BCUT2D eigenvalue weighted by Crippen LogP contribution is 2.21. The molecule has 1 atom stereocenters. The monoisotopic (exact) mass is 283 g/mol. The van der Waals surface area contributed by atoms with Crippen molar-refractivity contribution in [3.8, 4) is 5.75 Å². The summed E-state index contributed by atoms with van der Waals surface area (Å²) < 4.78 is 5.31. The Kier molecular flexibility index (Phi) is 6.21. The van der Waals surface area contributed by atoms with Gasteiger partial charge in [-0.2, -0.15) is 0 Å². The van der Waals surface area contributed by atoms with E-state index in [2.05, 4.69) is 5.32 Å². The first kappa shape index (κ1) is 15.4. The van der Waals surface area contributed by atoms with Crippen LogP contribution in [0.4, 0.5) is 0 Å². The van der Waals surface area contributed by atoms with Crippen molar-refractivity contribution < 1.29 is 19.4 Å². The van der Waals surface area contributed by atoms with Gasteiger partial charge in [0.25, 0.3) is 0 Å². The molecule has 0 fully saturated rings. The summed E-state index contributed by atoms with van der Waals surface area (Å²) in [6, 6.07) is 6.54. The molecule has 1 unspecified atom stereocenters. The molecule has 0 aromatic heterocycles. The minimum atomic E-state index is -1.04. The molecule has 1 aromatic rings. The van der Waals surface area contributed by atoms with Crippen LogP contribution in [0.1, 0.15) is 13.8 Å². The SMILES string of the molecule is CCOc1ccc(SCC(=O)NC(C)C(=O)O)cc1. The summed E-state index contributed by atoms with van der Waals surface area (Å²) in [5.74, 6) is -0.366. The number of carbonyl (C=O) groups is 2. The smallest absolute Gasteiger partial charge is 0.325 e. The van der Waals surface area contributed by atoms with Crippen molar-refractivity contribution in [3.63, 3.8) is 0 Å². The number of thioether (sulfide) groups is 1. The van der Waals surface area contributed by atoms with Gasteiger partial charge in [-0.05, 0) is 38.1 Å². The molecular weight excluding hydrogens is 266 g/mol. The zero-order chi connectivity index (χ0) is 14.3. The standard InChI is InChI=1S/C13H17NO4S/c1-3-18-10-4-6-11(7-5-10)19-8-12(15)14-9(2)13(16)17/h4-7,9H,3,8H2,1-2H3,(H,14,15)(H,16,17). The molecule has 0 heterocycles. The first-order chi connectivity index (χ1) is 9.02. The molecule has 1 aromatic carbocycles. The van der Waals surface area contributed by atoms with Crippen molar-refractivity contribution in [2.75, 3.05) is 12.4 Å². The molecule has 104 valence electrons. The van der Waals surface area contributed by atoms with Crippen molar-refractivity contribution in [3.05, 3.63) is 24.3 Å². The third-order valence-corrected chi connectivity index (χ3v) is 3.26. The summed E-state index contributed by atoms with van der Waals surface area (Å²) >= 11 is 1.35. The van der Waals surface area contributed by atoms with Gasteiger partial charge in [-0.15, -0.1) is 11.8 Å². The summed E-state index contributed by atoms with van der Waals surface area (Å²) in [5.41, 5.74) is 0. The van der Waals surface area contributed by atoms with Gasteiger partial charge in [-0.3, -0.25) is 9.59 Å². The number of benzene rings is 1. The van der Waals surface area contributed by atoms with Crippen LogP contribution in [-0.4, -0.2) is 35.4 Å². The van der Waals surface area contributed by atoms with Crippen LogP contribution in [-0.2, 0) is 9.59 Å². The third kappa shape index (κ3) is 5.65. The maximum absolute atomic E-state index is 11.5. The number of carbonyl (C=O) groups excluding carboxylic acids is 1. The molecule has 2 N–H and O–H groups in total. The first-order valence-corrected chi connectivity index (χ1v) is 6.89. The Morgan fingerprint density at radius 1 is 1.37 bits per heavy atom. The van der Waals surface area contributed by atoms with E-state index in [1.54, 1.807) is 0 Å². The Balaban J connectivity index is 2.39. The molecule has 19 heavy (non-hydrogen) atoms. The Labute approximate surface area is 116 Å². The van der Waals surface area contributed by atoms with Crippen molar-refractivity contribution in [2.24, 2.45) is 0 Å². The first-order valence-electron chi connectivity index (χ1n) is 5.90. The van der Waals surface area contributed by atoms with E-state index in [0.29, 0.717) is 6.61 Å². The highest BCUT2D eigenvalue weighted by molar-refractivity contribution is 8.00. The van der Waals surface area contributed by atoms with Crippen molar-refractivity contribution >= 4 is 23.6 Å². The number of amides is 1. The molecular formula is C13H17NO4S. The molecule has 0 aliphatic heterocycles. The van der Waals surface area contributed by atoms with Crippen LogP contribution < -0.4 is 10.1 Å². The second kappa shape index (κ2) is 7.68. The Morgan fingerprint density at radius 2 is 2.00 bits per heavy atom. The number of hydrogen-bond donors (Lipinski definition) is 2. The minimum Gasteiger partial charge on any atom is -0.494 e. The maximum atomic E-state index is 11.5. The van der Waals surface area contributed by atoms with Crippen LogP contribution in [0.15, 0.2) is 29.2 Å². The number of hydrogen-bond acceptors (Lipinski definition) is 4. The van der Waals surface area contributed by atoms with E-state index >= 15 is 0 Å². The molecule has 1 rings (SSSR count). The van der Waals surface area contributed by atoms with Crippen molar-refractivity contribution in [1.29, 1.82) is 0 Å². The highest BCUT2D eigenvalue weighted by atomic mass is 32.2. The predicted molar refractivity (Wildman–Crippen MR) is 73.6 cm³/mol. The summed E-state index contributed by atoms with van der Waals surface area (Å²) in [6.45, 7) is 3.96. The van der Waals surface area contributed by atoms with Gasteiger partial charge in [0.1, 0.15) is 11.8 Å². The summed E-state index contributed by atoms with van der Waals surface area (Å²) in [6.07, 6.45) is 0. The second-order valence-electron chi connectivity index (χ2n) is 3.82. The van der Waals surface area contributed by atoms with E-state index in [0.717, 1.165) is 10.6 Å². The van der Waals surface area contributed by atoms with Crippen molar-refractivity contribution in [1.82, 2.24) is 5.32 Å². The lowest BCUT2D eigenvalue weighted by molar-refractivity contribution is -0.140. The Hall–Kier alpha value is -1.69. The molecule has 0 saturated heterocycles. The van der Waals surface area contributed by atoms with Crippen LogP contribution in [0.3, 0.4) is 0 Å². The average Bonchev–Trinajstić information content (AvgIpc) is 2.38. The van der Waals surface area contributed by atoms with Gasteiger partial charge in [-0.25, -0.2) is 0 Å². The third-order valence-electron chi connectivity index (χ3n) is 2.25. The van der Waals surface area contributed by atoms with E-state index < -0.39 is 12.0 Å². The molecule has 0 bridgehead atoms. The van der Waals surface area contributed by atoms with E-state index in [-0.39, 0.29) is 11.7 Å². The molecule has 1 amide bonds. The molecule has 0 aliphatic carbocycles. The number of carboxylic acid groups (broad SMARTS) is 1. The lowest BCUT2D eigenvalue weighted by Crippen LogP contribution is -2.39. The number of rotatable bonds is 7. The summed E-state index contributed by atoms with van der Waals surface area (Å²) in [4.78, 5) is 23.0. The lowest BCUT2D eigenvalue weighted by Gasteiger charge is -2.09. The van der Waals surface area contributed by atoms with Crippen molar-refractivity contribution in [2.45, 2.75) is 24.8 Å². The van der Waals surface area contributed by atoms with Gasteiger partial charge < -0.3 is 15.2 Å². The lowest BCUT2D eigenvalue weighted by atomic mass is 10.3. The van der Waals surface area contributed by atoms with Gasteiger partial charge in [0, 0.05) is 4.90 Å². The van der Waals surface area contributed by atoms with Crippen LogP contribution in [0, 0.1) is 0 Å². The largest absolute Gasteiger partial charge is 0.494 e. The fraction of sp³-hybridized carbons (Fsp3) is 0.385. The average molecular weight is 283 g/mol. The normalized spacial score (nSPS) is 11.7. The van der Waals surface area contributed by atoms with Gasteiger partial charge >= 0.3 is 5.97 Å². The fourth-order valence-electron chi connectivity index (χ4n) is 1.29. The van der Waals surface area contributed by atoms with Crippen LogP contribution >= 0.6 is 11.8 Å². The predicted octanol–water partition coefficient (Wildman–Crippen LogP) is 1.77. The van der Waals surface area contributed by atoms with Crippen LogP contribution in [0.25, 0.3) is 0 Å². The minimum absolute atomic E-state index is 0.186. The Morgan fingerprint density at radius 3 is 2.53 bits per heavy atom. The summed E-state index contributed by atoms with van der Waals surface area (Å²) in [7, 11) is 0. The number of aliphatic carboxylic acids is 1. The van der Waals surface area contributed by atoms with E-state index in [9.17, 15) is 9.59 Å². The van der Waals surface area contributed by atoms with Gasteiger partial charge in [0.2, 0.25) is 5.91 Å². The highest BCUT2D eigenvalue weighted by Gasteiger charge is 2.13. The van der Waals surface area contributed by atoms with Gasteiger partial charge in [0.15, 0.2) is 0 Å². The van der Waals surface area contributed by atoms with Gasteiger partial charge in [-0.1, -0.05) is 0 Å². The molecule has 0 spiro atoms. The Bertz CT molecular complexity index is 433. The quantitative estimate of drug-likeness (QED) is 0.746. The molecule has 0 saturated carbocycles. The molecule has 6 heteroatoms. The molecule has 5 nitrogen and oxygen atoms in total. The molecule has 0 radical (unpaired) electrons. The van der Waals surface area contributed by atoms with Crippen LogP contribution in [0.2, 0.25) is 0 Å². The van der Waals surface area contributed by atoms with E-state index in [4.69, 9.17) is 9.84 Å². The zero-order valence-corrected chi connectivity index (χ0v) is 11.7.